The molecule has 1 fully saturated rings. The van der Waals surface area contributed by atoms with Gasteiger partial charge in [0.15, 0.2) is 0 Å². The highest BCUT2D eigenvalue weighted by Crippen LogP contribution is 2.30. The molecule has 0 spiro atoms. The molecule has 1 unspecified atom stereocenters. The molecule has 1 aliphatic rings. The SMILES string of the molecule is Cn1nccc1C1CCCCN1C(=O)NCC(C)(C)c1ccncc1. The van der Waals surface area contributed by atoms with E-state index in [0.717, 1.165) is 31.5 Å². The third kappa shape index (κ3) is 3.83. The smallest absolute Gasteiger partial charge is 0.317 e. The number of piperidine rings is 1. The van der Waals surface area contributed by atoms with Crippen molar-refractivity contribution in [1.82, 2.24) is 25.0 Å². The molecule has 3 rings (SSSR count). The second-order valence-electron chi connectivity index (χ2n) is 7.36. The van der Waals surface area contributed by atoms with Gasteiger partial charge >= 0.3 is 6.03 Å². The first-order chi connectivity index (χ1) is 12.0. The predicted molar refractivity (Wildman–Crippen MR) is 97.2 cm³/mol. The maximum atomic E-state index is 12.9. The molecule has 2 amide bonds. The third-order valence-electron chi connectivity index (χ3n) is 5.11. The summed E-state index contributed by atoms with van der Waals surface area (Å²) < 4.78 is 1.87. The first kappa shape index (κ1) is 17.5. The number of aryl methyl sites for hydroxylation is 1. The molecule has 6 nitrogen and oxygen atoms in total. The van der Waals surface area contributed by atoms with Crippen molar-refractivity contribution in [2.24, 2.45) is 7.05 Å². The minimum atomic E-state index is -0.142. The van der Waals surface area contributed by atoms with Crippen molar-refractivity contribution in [3.8, 4) is 0 Å². The Morgan fingerprint density at radius 2 is 2.00 bits per heavy atom. The Kier molecular flexibility index (Phi) is 5.06. The zero-order valence-corrected chi connectivity index (χ0v) is 15.3. The molecule has 1 saturated heterocycles. The summed E-state index contributed by atoms with van der Waals surface area (Å²) in [5.41, 5.74) is 2.13. The Hall–Kier alpha value is -2.37. The minimum Gasteiger partial charge on any atom is -0.337 e. The van der Waals surface area contributed by atoms with Crippen LogP contribution in [0.1, 0.15) is 50.4 Å². The van der Waals surface area contributed by atoms with Gasteiger partial charge in [-0.05, 0) is 43.0 Å². The number of rotatable bonds is 4. The topological polar surface area (TPSA) is 63.1 Å². The van der Waals surface area contributed by atoms with Crippen LogP contribution in [-0.2, 0) is 12.5 Å². The van der Waals surface area contributed by atoms with E-state index in [1.165, 1.54) is 5.56 Å². The summed E-state index contributed by atoms with van der Waals surface area (Å²) in [7, 11) is 1.94. The van der Waals surface area contributed by atoms with E-state index in [4.69, 9.17) is 0 Å². The number of hydrogen-bond acceptors (Lipinski definition) is 3. The van der Waals surface area contributed by atoms with Crippen LogP contribution < -0.4 is 5.32 Å². The van der Waals surface area contributed by atoms with E-state index < -0.39 is 0 Å². The quantitative estimate of drug-likeness (QED) is 0.930. The average Bonchev–Trinajstić information content (AvgIpc) is 3.06. The van der Waals surface area contributed by atoms with Crippen molar-refractivity contribution < 1.29 is 4.79 Å². The van der Waals surface area contributed by atoms with Crippen molar-refractivity contribution in [3.05, 3.63) is 48.0 Å². The zero-order valence-electron chi connectivity index (χ0n) is 15.3. The van der Waals surface area contributed by atoms with E-state index in [9.17, 15) is 4.79 Å². The highest BCUT2D eigenvalue weighted by atomic mass is 16.2. The highest BCUT2D eigenvalue weighted by molar-refractivity contribution is 5.75. The molecule has 1 N–H and O–H groups in total. The van der Waals surface area contributed by atoms with E-state index in [1.54, 1.807) is 18.6 Å². The molecule has 0 aliphatic carbocycles. The van der Waals surface area contributed by atoms with Crippen molar-refractivity contribution in [1.29, 1.82) is 0 Å². The second kappa shape index (κ2) is 7.25. The van der Waals surface area contributed by atoms with Crippen molar-refractivity contribution in [2.45, 2.75) is 44.6 Å². The number of likely N-dealkylation sites (tertiary alicyclic amines) is 1. The maximum Gasteiger partial charge on any atom is 0.317 e. The number of nitrogens with zero attached hydrogens (tertiary/aromatic N) is 4. The van der Waals surface area contributed by atoms with Crippen molar-refractivity contribution in [2.75, 3.05) is 13.1 Å². The Bertz CT molecular complexity index is 710. The van der Waals surface area contributed by atoms with E-state index in [0.29, 0.717) is 6.54 Å². The molecule has 134 valence electrons. The summed E-state index contributed by atoms with van der Waals surface area (Å²) >= 11 is 0. The van der Waals surface area contributed by atoms with Gasteiger partial charge < -0.3 is 10.2 Å². The van der Waals surface area contributed by atoms with Gasteiger partial charge in [0, 0.05) is 44.1 Å². The maximum absolute atomic E-state index is 12.9. The Morgan fingerprint density at radius 3 is 2.68 bits per heavy atom. The minimum absolute atomic E-state index is 0.00744. The van der Waals surface area contributed by atoms with E-state index in [1.807, 2.05) is 34.8 Å². The van der Waals surface area contributed by atoms with Crippen LogP contribution >= 0.6 is 0 Å². The second-order valence-corrected chi connectivity index (χ2v) is 7.36. The number of hydrogen-bond donors (Lipinski definition) is 1. The first-order valence-corrected chi connectivity index (χ1v) is 8.92. The molecule has 2 aromatic rings. The number of urea groups is 1. The summed E-state index contributed by atoms with van der Waals surface area (Å²) in [5, 5.41) is 7.40. The summed E-state index contributed by atoms with van der Waals surface area (Å²) in [6, 6.07) is 6.13. The van der Waals surface area contributed by atoms with Crippen molar-refractivity contribution >= 4 is 6.03 Å². The molecule has 0 saturated carbocycles. The number of aromatic nitrogens is 3. The molecule has 1 atom stereocenters. The molecule has 6 heteroatoms. The van der Waals surface area contributed by atoms with Gasteiger partial charge in [0.1, 0.15) is 0 Å². The largest absolute Gasteiger partial charge is 0.337 e. The number of nitrogens with one attached hydrogen (secondary N) is 1. The van der Waals surface area contributed by atoms with Gasteiger partial charge in [-0.3, -0.25) is 9.67 Å². The lowest BCUT2D eigenvalue weighted by molar-refractivity contribution is 0.146. The van der Waals surface area contributed by atoms with Gasteiger partial charge in [-0.25, -0.2) is 4.79 Å². The van der Waals surface area contributed by atoms with Gasteiger partial charge in [0.2, 0.25) is 0 Å². The van der Waals surface area contributed by atoms with E-state index >= 15 is 0 Å². The first-order valence-electron chi connectivity index (χ1n) is 8.92. The van der Waals surface area contributed by atoms with Crippen LogP contribution in [0.15, 0.2) is 36.8 Å². The van der Waals surface area contributed by atoms with Crippen LogP contribution in [-0.4, -0.2) is 38.8 Å². The molecular formula is C19H27N5O. The van der Waals surface area contributed by atoms with Gasteiger partial charge in [-0.1, -0.05) is 13.8 Å². The molecular weight excluding hydrogens is 314 g/mol. The number of carbonyl (C=O) groups excluding carboxylic acids is 1. The molecule has 0 aromatic carbocycles. The van der Waals surface area contributed by atoms with Gasteiger partial charge in [-0.15, -0.1) is 0 Å². The fraction of sp³-hybridized carbons (Fsp3) is 0.526. The monoisotopic (exact) mass is 341 g/mol. The predicted octanol–water partition coefficient (Wildman–Crippen LogP) is 3.03. The number of carbonyl (C=O) groups is 1. The molecule has 0 bridgehead atoms. The summed E-state index contributed by atoms with van der Waals surface area (Å²) in [6.07, 6.45) is 8.56. The molecule has 2 aromatic heterocycles. The normalized spacial score (nSPS) is 18.2. The van der Waals surface area contributed by atoms with E-state index in [2.05, 4.69) is 29.2 Å². The Morgan fingerprint density at radius 1 is 1.24 bits per heavy atom. The lowest BCUT2D eigenvalue weighted by Crippen LogP contribution is -2.48. The standard InChI is InChI=1S/C19H27N5O/c1-19(2,15-7-10-20-11-8-15)14-21-18(25)24-13-5-4-6-17(24)16-9-12-22-23(16)3/h7-12,17H,4-6,13-14H2,1-3H3,(H,21,25). The average molecular weight is 341 g/mol. The third-order valence-corrected chi connectivity index (χ3v) is 5.11. The van der Waals surface area contributed by atoms with Crippen molar-refractivity contribution in [3.63, 3.8) is 0 Å². The van der Waals surface area contributed by atoms with Crippen LogP contribution in [0.2, 0.25) is 0 Å². The van der Waals surface area contributed by atoms with Gasteiger partial charge in [-0.2, -0.15) is 5.10 Å². The van der Waals surface area contributed by atoms with E-state index in [-0.39, 0.29) is 17.5 Å². The molecule has 0 radical (unpaired) electrons. The zero-order chi connectivity index (χ0) is 17.9. The van der Waals surface area contributed by atoms with Crippen LogP contribution in [0.4, 0.5) is 4.79 Å². The number of pyridine rings is 1. The summed E-state index contributed by atoms with van der Waals surface area (Å²) in [4.78, 5) is 18.9. The number of amides is 2. The van der Waals surface area contributed by atoms with Crippen LogP contribution in [0.25, 0.3) is 0 Å². The lowest BCUT2D eigenvalue weighted by atomic mass is 9.85. The molecule has 3 heterocycles. The van der Waals surface area contributed by atoms with Gasteiger partial charge in [0.25, 0.3) is 0 Å². The summed E-state index contributed by atoms with van der Waals surface area (Å²) in [5.74, 6) is 0. The van der Waals surface area contributed by atoms with Gasteiger partial charge in [0.05, 0.1) is 11.7 Å². The Balaban J connectivity index is 1.68. The Labute approximate surface area is 149 Å². The summed E-state index contributed by atoms with van der Waals surface area (Å²) in [6.45, 7) is 5.65. The molecule has 1 aliphatic heterocycles. The highest BCUT2D eigenvalue weighted by Gasteiger charge is 2.31. The fourth-order valence-corrected chi connectivity index (χ4v) is 3.50. The molecule has 25 heavy (non-hydrogen) atoms. The van der Waals surface area contributed by atoms with Crippen LogP contribution in [0, 0.1) is 0 Å². The fourth-order valence-electron chi connectivity index (χ4n) is 3.50. The van der Waals surface area contributed by atoms with Crippen LogP contribution in [0.5, 0.6) is 0 Å². The lowest BCUT2D eigenvalue weighted by Gasteiger charge is -2.36. The van der Waals surface area contributed by atoms with Crippen LogP contribution in [0.3, 0.4) is 0 Å².